The molecule has 1 aromatic carbocycles. The van der Waals surface area contributed by atoms with E-state index in [4.69, 9.17) is 4.74 Å². The van der Waals surface area contributed by atoms with Gasteiger partial charge in [0.05, 0.1) is 23.9 Å². The van der Waals surface area contributed by atoms with E-state index < -0.39 is 5.60 Å². The molecule has 4 heteroatoms. The molecule has 2 N–H and O–H groups in total. The first-order chi connectivity index (χ1) is 7.84. The summed E-state index contributed by atoms with van der Waals surface area (Å²) in [7, 11) is 0. The van der Waals surface area contributed by atoms with Gasteiger partial charge in [-0.15, -0.1) is 0 Å². The third-order valence-corrected chi connectivity index (χ3v) is 2.68. The number of anilines is 1. The van der Waals surface area contributed by atoms with Gasteiger partial charge in [0.2, 0.25) is 0 Å². The Morgan fingerprint density at radius 1 is 1.47 bits per heavy atom. The zero-order chi connectivity index (χ0) is 13.1. The van der Waals surface area contributed by atoms with Gasteiger partial charge in [0, 0.05) is 6.07 Å². The molecule has 3 nitrogen and oxygen atoms in total. The van der Waals surface area contributed by atoms with Crippen molar-refractivity contribution in [3.63, 3.8) is 0 Å². The number of hydrogen-bond donors (Lipinski definition) is 2. The molecule has 0 aliphatic rings. The Labute approximate surface area is 102 Å². The molecular formula is C13H20FNO2. The molecule has 17 heavy (non-hydrogen) atoms. The van der Waals surface area contributed by atoms with Crippen LogP contribution in [0.3, 0.4) is 0 Å². The molecule has 0 amide bonds. The molecule has 0 aliphatic heterocycles. The average molecular weight is 241 g/mol. The Bertz CT molecular complexity index is 374. The molecule has 0 fully saturated rings. The molecule has 0 saturated heterocycles. The predicted octanol–water partition coefficient (Wildman–Crippen LogP) is 2.80. The minimum absolute atomic E-state index is 0.174. The minimum atomic E-state index is -0.863. The van der Waals surface area contributed by atoms with Crippen molar-refractivity contribution in [3.8, 4) is 5.75 Å². The minimum Gasteiger partial charge on any atom is -0.492 e. The van der Waals surface area contributed by atoms with Crippen molar-refractivity contribution in [3.05, 3.63) is 24.0 Å². The molecule has 0 heterocycles. The highest BCUT2D eigenvalue weighted by Crippen LogP contribution is 2.27. The van der Waals surface area contributed by atoms with Crippen LogP contribution in [-0.2, 0) is 0 Å². The van der Waals surface area contributed by atoms with E-state index >= 15 is 0 Å². The number of ether oxygens (including phenoxy) is 1. The maximum atomic E-state index is 13.1. The molecule has 0 spiro atoms. The van der Waals surface area contributed by atoms with E-state index in [1.165, 1.54) is 12.1 Å². The van der Waals surface area contributed by atoms with Crippen molar-refractivity contribution in [2.45, 2.75) is 39.3 Å². The molecule has 0 saturated carbocycles. The largest absolute Gasteiger partial charge is 0.492 e. The van der Waals surface area contributed by atoms with Crippen LogP contribution in [0.4, 0.5) is 10.1 Å². The van der Waals surface area contributed by atoms with Crippen LogP contribution in [0.15, 0.2) is 18.2 Å². The molecule has 0 bridgehead atoms. The summed E-state index contributed by atoms with van der Waals surface area (Å²) in [6, 6.07) is 4.14. The fourth-order valence-corrected chi connectivity index (χ4v) is 1.30. The standard InChI is InChI=1S/C13H20FNO2/c1-5-17-12-8-10(14)6-7-11(12)15-9(2)13(3,4)16/h6-9,15-16H,5H2,1-4H3. The quantitative estimate of drug-likeness (QED) is 0.833. The van der Waals surface area contributed by atoms with Crippen LogP contribution in [0.1, 0.15) is 27.7 Å². The lowest BCUT2D eigenvalue weighted by Gasteiger charge is -2.28. The van der Waals surface area contributed by atoms with Gasteiger partial charge in [-0.2, -0.15) is 0 Å². The van der Waals surface area contributed by atoms with E-state index in [0.29, 0.717) is 18.0 Å². The molecule has 0 radical (unpaired) electrons. The van der Waals surface area contributed by atoms with Gasteiger partial charge < -0.3 is 15.2 Å². The van der Waals surface area contributed by atoms with Crippen molar-refractivity contribution < 1.29 is 14.2 Å². The molecule has 1 atom stereocenters. The number of aliphatic hydroxyl groups is 1. The fourth-order valence-electron chi connectivity index (χ4n) is 1.30. The number of halogens is 1. The van der Waals surface area contributed by atoms with Crippen molar-refractivity contribution in [2.24, 2.45) is 0 Å². The van der Waals surface area contributed by atoms with Gasteiger partial charge in [0.15, 0.2) is 0 Å². The Morgan fingerprint density at radius 2 is 2.12 bits per heavy atom. The first-order valence-electron chi connectivity index (χ1n) is 5.76. The van der Waals surface area contributed by atoms with E-state index in [0.717, 1.165) is 0 Å². The van der Waals surface area contributed by atoms with Crippen LogP contribution in [-0.4, -0.2) is 23.4 Å². The predicted molar refractivity (Wildman–Crippen MR) is 67.0 cm³/mol. The monoisotopic (exact) mass is 241 g/mol. The smallest absolute Gasteiger partial charge is 0.145 e. The van der Waals surface area contributed by atoms with Gasteiger partial charge >= 0.3 is 0 Å². The maximum Gasteiger partial charge on any atom is 0.145 e. The lowest BCUT2D eigenvalue weighted by atomic mass is 10.0. The average Bonchev–Trinajstić information content (AvgIpc) is 2.21. The van der Waals surface area contributed by atoms with Crippen LogP contribution in [0, 0.1) is 5.82 Å². The van der Waals surface area contributed by atoms with Crippen LogP contribution in [0.2, 0.25) is 0 Å². The summed E-state index contributed by atoms with van der Waals surface area (Å²) < 4.78 is 18.4. The molecular weight excluding hydrogens is 221 g/mol. The summed E-state index contributed by atoms with van der Waals surface area (Å²) >= 11 is 0. The van der Waals surface area contributed by atoms with Crippen molar-refractivity contribution in [1.29, 1.82) is 0 Å². The van der Waals surface area contributed by atoms with E-state index in [1.54, 1.807) is 19.9 Å². The number of rotatable bonds is 5. The summed E-state index contributed by atoms with van der Waals surface area (Å²) in [4.78, 5) is 0. The SMILES string of the molecule is CCOc1cc(F)ccc1NC(C)C(C)(C)O. The van der Waals surface area contributed by atoms with Crippen LogP contribution in [0.5, 0.6) is 5.75 Å². The van der Waals surface area contributed by atoms with E-state index in [2.05, 4.69) is 5.32 Å². The summed E-state index contributed by atoms with van der Waals surface area (Å²) in [5, 5.41) is 13.0. The number of nitrogens with one attached hydrogen (secondary N) is 1. The normalized spacial score (nSPS) is 13.3. The highest BCUT2D eigenvalue weighted by molar-refractivity contribution is 5.57. The number of hydrogen-bond acceptors (Lipinski definition) is 3. The first-order valence-corrected chi connectivity index (χ1v) is 5.76. The third-order valence-electron chi connectivity index (χ3n) is 2.68. The van der Waals surface area contributed by atoms with E-state index in [-0.39, 0.29) is 11.9 Å². The Hall–Kier alpha value is -1.29. The first kappa shape index (κ1) is 13.8. The van der Waals surface area contributed by atoms with E-state index in [1.807, 2.05) is 13.8 Å². The topological polar surface area (TPSA) is 41.5 Å². The second-order valence-electron chi connectivity index (χ2n) is 4.59. The third kappa shape index (κ3) is 3.89. The Kier molecular flexibility index (Phi) is 4.34. The lowest BCUT2D eigenvalue weighted by Crippen LogP contribution is -2.39. The van der Waals surface area contributed by atoms with Gasteiger partial charge in [-0.05, 0) is 39.8 Å². The summed E-state index contributed by atoms with van der Waals surface area (Å²) in [5.41, 5.74) is -0.180. The molecule has 0 aromatic heterocycles. The van der Waals surface area contributed by atoms with Gasteiger partial charge in [0.1, 0.15) is 11.6 Å². The van der Waals surface area contributed by atoms with Gasteiger partial charge in [-0.25, -0.2) is 4.39 Å². The summed E-state index contributed by atoms with van der Waals surface area (Å²) in [5.74, 6) is 0.124. The summed E-state index contributed by atoms with van der Waals surface area (Å²) in [6.07, 6.45) is 0. The number of benzene rings is 1. The molecule has 1 aromatic rings. The zero-order valence-electron chi connectivity index (χ0n) is 10.7. The summed E-state index contributed by atoms with van der Waals surface area (Å²) in [6.45, 7) is 7.60. The van der Waals surface area contributed by atoms with Crippen LogP contribution < -0.4 is 10.1 Å². The van der Waals surface area contributed by atoms with Crippen molar-refractivity contribution in [1.82, 2.24) is 0 Å². The van der Waals surface area contributed by atoms with Gasteiger partial charge in [-0.3, -0.25) is 0 Å². The highest BCUT2D eigenvalue weighted by atomic mass is 19.1. The zero-order valence-corrected chi connectivity index (χ0v) is 10.7. The molecule has 96 valence electrons. The maximum absolute atomic E-state index is 13.1. The molecule has 1 rings (SSSR count). The van der Waals surface area contributed by atoms with Crippen molar-refractivity contribution in [2.75, 3.05) is 11.9 Å². The van der Waals surface area contributed by atoms with Crippen molar-refractivity contribution >= 4 is 5.69 Å². The molecule has 0 aliphatic carbocycles. The van der Waals surface area contributed by atoms with Crippen LogP contribution in [0.25, 0.3) is 0 Å². The van der Waals surface area contributed by atoms with Gasteiger partial charge in [0.25, 0.3) is 0 Å². The molecule has 1 unspecified atom stereocenters. The Morgan fingerprint density at radius 3 is 2.65 bits per heavy atom. The Balaban J connectivity index is 2.90. The van der Waals surface area contributed by atoms with Crippen LogP contribution >= 0.6 is 0 Å². The van der Waals surface area contributed by atoms with Gasteiger partial charge in [-0.1, -0.05) is 0 Å². The second-order valence-corrected chi connectivity index (χ2v) is 4.59. The fraction of sp³-hybridized carbons (Fsp3) is 0.538. The van der Waals surface area contributed by atoms with E-state index in [9.17, 15) is 9.50 Å². The second kappa shape index (κ2) is 5.36. The lowest BCUT2D eigenvalue weighted by molar-refractivity contribution is 0.0648. The highest BCUT2D eigenvalue weighted by Gasteiger charge is 2.23.